The van der Waals surface area contributed by atoms with Crippen molar-refractivity contribution in [3.05, 3.63) is 24.0 Å². The second-order valence-electron chi connectivity index (χ2n) is 3.50. The highest BCUT2D eigenvalue weighted by Gasteiger charge is 1.97. The summed E-state index contributed by atoms with van der Waals surface area (Å²) in [4.78, 5) is 3.15. The zero-order valence-electron chi connectivity index (χ0n) is 8.22. The van der Waals surface area contributed by atoms with Crippen LogP contribution in [0, 0.1) is 5.92 Å². The van der Waals surface area contributed by atoms with Crippen molar-refractivity contribution >= 4 is 0 Å². The zero-order valence-corrected chi connectivity index (χ0v) is 8.22. The van der Waals surface area contributed by atoms with E-state index in [1.807, 2.05) is 12.3 Å². The van der Waals surface area contributed by atoms with Crippen LogP contribution < -0.4 is 11.1 Å². The first kappa shape index (κ1) is 10.3. The maximum atomic E-state index is 5.51. The fourth-order valence-electron chi connectivity index (χ4n) is 1.17. The van der Waals surface area contributed by atoms with Crippen LogP contribution >= 0.6 is 0 Å². The lowest BCUT2D eigenvalue weighted by Gasteiger charge is -2.08. The average molecular weight is 181 g/mol. The maximum absolute atomic E-state index is 5.51. The molecule has 1 aromatic heterocycles. The number of aromatic nitrogens is 1. The first-order valence-corrected chi connectivity index (χ1v) is 4.86. The monoisotopic (exact) mass is 181 g/mol. The third-order valence-corrected chi connectivity index (χ3v) is 2.19. The maximum Gasteiger partial charge on any atom is 0.0357 e. The zero-order chi connectivity index (χ0) is 9.52. The lowest BCUT2D eigenvalue weighted by atomic mass is 10.1. The van der Waals surface area contributed by atoms with Crippen LogP contribution in [0.4, 0.5) is 0 Å². The normalized spacial score (nSPS) is 13.1. The predicted octanol–water partition coefficient (Wildman–Crippen LogP) is 1.09. The Bertz CT molecular complexity index is 206. The van der Waals surface area contributed by atoms with E-state index < -0.39 is 0 Å². The molecule has 1 aromatic rings. The van der Waals surface area contributed by atoms with Crippen molar-refractivity contribution in [3.63, 3.8) is 0 Å². The van der Waals surface area contributed by atoms with Gasteiger partial charge in [0.2, 0.25) is 0 Å². The number of nitrogens with two attached hydrogens (primary N) is 1. The third-order valence-electron chi connectivity index (χ3n) is 2.19. The molecule has 13 heavy (non-hydrogen) atoms. The molecular weight excluding hydrogens is 162 g/mol. The molecule has 0 saturated heterocycles. The van der Waals surface area contributed by atoms with E-state index in [-0.39, 0.29) is 0 Å². The van der Waals surface area contributed by atoms with Crippen LogP contribution in [0.25, 0.3) is 0 Å². The van der Waals surface area contributed by atoms with Gasteiger partial charge >= 0.3 is 0 Å². The van der Waals surface area contributed by atoms with Crippen molar-refractivity contribution in [3.8, 4) is 0 Å². The summed E-state index contributed by atoms with van der Waals surface area (Å²) < 4.78 is 0. The fourth-order valence-corrected chi connectivity index (χ4v) is 1.17. The second-order valence-corrected chi connectivity index (χ2v) is 3.50. The number of hydrogen-bond donors (Lipinski definition) is 3. The van der Waals surface area contributed by atoms with Crippen LogP contribution in [0.1, 0.15) is 19.0 Å². The summed E-state index contributed by atoms with van der Waals surface area (Å²) in [6, 6.07) is 4.10. The first-order valence-electron chi connectivity index (χ1n) is 4.86. The summed E-state index contributed by atoms with van der Waals surface area (Å²) in [6.07, 6.45) is 3.09. The van der Waals surface area contributed by atoms with Gasteiger partial charge < -0.3 is 16.0 Å². The lowest BCUT2D eigenvalue weighted by molar-refractivity contribution is 0.508. The quantitative estimate of drug-likeness (QED) is 0.575. The van der Waals surface area contributed by atoms with Crippen LogP contribution in [-0.2, 0) is 6.54 Å². The smallest absolute Gasteiger partial charge is 0.0357 e. The molecule has 0 fully saturated rings. The summed E-state index contributed by atoms with van der Waals surface area (Å²) in [7, 11) is 0. The van der Waals surface area contributed by atoms with Crippen LogP contribution in [0.2, 0.25) is 0 Å². The molecule has 1 unspecified atom stereocenters. The van der Waals surface area contributed by atoms with Gasteiger partial charge in [-0.15, -0.1) is 0 Å². The molecule has 0 spiro atoms. The Kier molecular flexibility index (Phi) is 4.57. The van der Waals surface area contributed by atoms with E-state index in [0.717, 1.165) is 26.1 Å². The summed E-state index contributed by atoms with van der Waals surface area (Å²) in [5.74, 6) is 0.621. The highest BCUT2D eigenvalue weighted by atomic mass is 14.9. The first-order chi connectivity index (χ1) is 6.33. The third kappa shape index (κ3) is 4.10. The van der Waals surface area contributed by atoms with Crippen LogP contribution in [0.5, 0.6) is 0 Å². The van der Waals surface area contributed by atoms with Gasteiger partial charge in [-0.05, 0) is 37.6 Å². The topological polar surface area (TPSA) is 53.8 Å². The minimum Gasteiger partial charge on any atom is -0.364 e. The largest absolute Gasteiger partial charge is 0.364 e. The molecule has 74 valence electrons. The van der Waals surface area contributed by atoms with Crippen molar-refractivity contribution < 1.29 is 0 Å². The van der Waals surface area contributed by atoms with E-state index in [0.29, 0.717) is 5.92 Å². The van der Waals surface area contributed by atoms with Gasteiger partial charge in [0.15, 0.2) is 0 Å². The van der Waals surface area contributed by atoms with Crippen LogP contribution in [0.3, 0.4) is 0 Å². The Morgan fingerprint density at radius 3 is 3.08 bits per heavy atom. The molecule has 3 heteroatoms. The number of rotatable bonds is 6. The molecule has 0 aliphatic rings. The number of H-pyrrole nitrogens is 1. The van der Waals surface area contributed by atoms with E-state index in [2.05, 4.69) is 23.3 Å². The van der Waals surface area contributed by atoms with Crippen molar-refractivity contribution in [1.29, 1.82) is 0 Å². The molecule has 3 nitrogen and oxygen atoms in total. The molecule has 0 aliphatic heterocycles. The summed E-state index contributed by atoms with van der Waals surface area (Å²) in [5, 5.41) is 3.37. The summed E-state index contributed by atoms with van der Waals surface area (Å²) >= 11 is 0. The van der Waals surface area contributed by atoms with Crippen molar-refractivity contribution in [1.82, 2.24) is 10.3 Å². The van der Waals surface area contributed by atoms with Gasteiger partial charge in [-0.3, -0.25) is 0 Å². The molecule has 0 amide bonds. The van der Waals surface area contributed by atoms with E-state index in [9.17, 15) is 0 Å². The average Bonchev–Trinajstić information content (AvgIpc) is 2.64. The molecule has 0 aromatic carbocycles. The van der Waals surface area contributed by atoms with Gasteiger partial charge in [0, 0.05) is 18.4 Å². The minimum absolute atomic E-state index is 0.621. The van der Waals surface area contributed by atoms with Gasteiger partial charge in [-0.2, -0.15) is 0 Å². The number of nitrogens with one attached hydrogen (secondary N) is 2. The molecule has 1 heterocycles. The molecule has 0 aliphatic carbocycles. The lowest BCUT2D eigenvalue weighted by Crippen LogP contribution is -2.20. The Hall–Kier alpha value is -0.800. The Labute approximate surface area is 79.7 Å². The van der Waals surface area contributed by atoms with Gasteiger partial charge in [-0.1, -0.05) is 6.92 Å². The molecule has 1 atom stereocenters. The van der Waals surface area contributed by atoms with E-state index in [1.54, 1.807) is 0 Å². The second kappa shape index (κ2) is 5.78. The number of aromatic amines is 1. The van der Waals surface area contributed by atoms with E-state index in [4.69, 9.17) is 5.73 Å². The molecular formula is C10H19N3. The predicted molar refractivity (Wildman–Crippen MR) is 55.3 cm³/mol. The van der Waals surface area contributed by atoms with E-state index in [1.165, 1.54) is 5.69 Å². The van der Waals surface area contributed by atoms with Gasteiger partial charge in [0.25, 0.3) is 0 Å². The van der Waals surface area contributed by atoms with Crippen LogP contribution in [0.15, 0.2) is 18.3 Å². The molecule has 0 radical (unpaired) electrons. The van der Waals surface area contributed by atoms with Gasteiger partial charge in [0.1, 0.15) is 0 Å². The van der Waals surface area contributed by atoms with Crippen LogP contribution in [-0.4, -0.2) is 18.1 Å². The van der Waals surface area contributed by atoms with Crippen molar-refractivity contribution in [2.75, 3.05) is 13.1 Å². The van der Waals surface area contributed by atoms with E-state index >= 15 is 0 Å². The fraction of sp³-hybridized carbons (Fsp3) is 0.600. The Morgan fingerprint density at radius 2 is 2.46 bits per heavy atom. The van der Waals surface area contributed by atoms with Gasteiger partial charge in [-0.25, -0.2) is 0 Å². The summed E-state index contributed by atoms with van der Waals surface area (Å²) in [5.41, 5.74) is 6.75. The molecule has 4 N–H and O–H groups in total. The van der Waals surface area contributed by atoms with Crippen molar-refractivity contribution in [2.45, 2.75) is 19.9 Å². The molecule has 0 bridgehead atoms. The summed E-state index contributed by atoms with van der Waals surface area (Å²) in [6.45, 7) is 4.92. The Balaban J connectivity index is 2.02. The molecule has 1 rings (SSSR count). The molecule has 0 saturated carbocycles. The Morgan fingerprint density at radius 1 is 1.62 bits per heavy atom. The number of hydrogen-bond acceptors (Lipinski definition) is 2. The minimum atomic E-state index is 0.621. The van der Waals surface area contributed by atoms with Gasteiger partial charge in [0.05, 0.1) is 0 Å². The van der Waals surface area contributed by atoms with Crippen molar-refractivity contribution in [2.24, 2.45) is 11.7 Å². The SMILES string of the molecule is CC(CN)CCNCc1ccc[nH]1. The standard InChI is InChI=1S/C10H19N3/c1-9(7-11)4-6-12-8-10-3-2-5-13-10/h2-3,5,9,12-13H,4,6-8,11H2,1H3. The highest BCUT2D eigenvalue weighted by molar-refractivity contribution is 5.02. The highest BCUT2D eigenvalue weighted by Crippen LogP contribution is 1.97.